The number of thiocarbonyl (C=S) groups is 1. The van der Waals surface area contributed by atoms with Gasteiger partial charge in [-0.2, -0.15) is 9.37 Å². The van der Waals surface area contributed by atoms with Gasteiger partial charge in [-0.25, -0.2) is 4.98 Å². The minimum Gasteiger partial charge on any atom is -0.493 e. The van der Waals surface area contributed by atoms with E-state index in [2.05, 4.69) is 9.97 Å². The van der Waals surface area contributed by atoms with Gasteiger partial charge in [0.25, 0.3) is 11.8 Å². The Morgan fingerprint density at radius 3 is 2.70 bits per heavy atom. The molecule has 0 unspecified atom stereocenters. The lowest BCUT2D eigenvalue weighted by molar-refractivity contribution is -0.113. The van der Waals surface area contributed by atoms with Crippen LogP contribution in [0.2, 0.25) is 5.28 Å². The molecule has 0 N–H and O–H groups in total. The predicted octanol–water partition coefficient (Wildman–Crippen LogP) is 6.09. The molecule has 10 heteroatoms. The summed E-state index contributed by atoms with van der Waals surface area (Å²) >= 11 is 12.4. The van der Waals surface area contributed by atoms with E-state index in [1.807, 2.05) is 32.0 Å². The van der Waals surface area contributed by atoms with Crippen LogP contribution in [0.4, 0.5) is 10.1 Å². The van der Waals surface area contributed by atoms with Crippen LogP contribution in [0.15, 0.2) is 47.5 Å². The van der Waals surface area contributed by atoms with Crippen LogP contribution >= 0.6 is 35.6 Å². The van der Waals surface area contributed by atoms with E-state index in [1.54, 1.807) is 24.3 Å². The monoisotopic (exact) mass is 501 g/mol. The number of hydrogen-bond acceptors (Lipinski definition) is 7. The Morgan fingerprint density at radius 2 is 1.97 bits per heavy atom. The summed E-state index contributed by atoms with van der Waals surface area (Å²) in [6.07, 6.45) is 2.64. The number of ether oxygens (including phenoxy) is 2. The highest BCUT2D eigenvalue weighted by molar-refractivity contribution is 8.27. The van der Waals surface area contributed by atoms with Crippen molar-refractivity contribution in [1.29, 1.82) is 0 Å². The van der Waals surface area contributed by atoms with Crippen molar-refractivity contribution >= 4 is 57.6 Å². The van der Waals surface area contributed by atoms with Crippen LogP contribution in [0.1, 0.15) is 16.7 Å². The lowest BCUT2D eigenvalue weighted by Gasteiger charge is -2.17. The standard InChI is InChI=1S/C23H17ClFN3O3S2/c1-12-4-6-16(13(2)8-12)28-21(29)19(33-23(28)32)10-14-5-7-17(18(9-14)30-3)31-20-15(25)11-26-22(24)27-20/h4-11H,1-3H3/b19-10+. The van der Waals surface area contributed by atoms with Gasteiger partial charge in [-0.3, -0.25) is 9.69 Å². The predicted molar refractivity (Wildman–Crippen MR) is 132 cm³/mol. The summed E-state index contributed by atoms with van der Waals surface area (Å²) in [5.74, 6) is -0.737. The van der Waals surface area contributed by atoms with Crippen LogP contribution in [0.3, 0.4) is 0 Å². The molecule has 0 aliphatic carbocycles. The molecule has 2 heterocycles. The van der Waals surface area contributed by atoms with Crippen LogP contribution in [-0.4, -0.2) is 27.3 Å². The first kappa shape index (κ1) is 23.2. The van der Waals surface area contributed by atoms with E-state index in [0.717, 1.165) is 23.0 Å². The molecule has 3 aromatic rings. The molecule has 1 fully saturated rings. The van der Waals surface area contributed by atoms with Crippen molar-refractivity contribution in [2.45, 2.75) is 13.8 Å². The first-order valence-corrected chi connectivity index (χ1v) is 11.3. The van der Waals surface area contributed by atoms with Crippen molar-refractivity contribution in [3.8, 4) is 17.4 Å². The number of rotatable bonds is 5. The van der Waals surface area contributed by atoms with E-state index in [0.29, 0.717) is 20.5 Å². The molecule has 2 aromatic carbocycles. The van der Waals surface area contributed by atoms with Crippen LogP contribution in [0.25, 0.3) is 6.08 Å². The van der Waals surface area contributed by atoms with Crippen molar-refractivity contribution < 1.29 is 18.7 Å². The first-order chi connectivity index (χ1) is 15.8. The largest absolute Gasteiger partial charge is 0.493 e. The summed E-state index contributed by atoms with van der Waals surface area (Å²) in [5, 5.41) is -0.146. The number of thioether (sulfide) groups is 1. The number of hydrogen-bond donors (Lipinski definition) is 0. The number of nitrogens with zero attached hydrogens (tertiary/aromatic N) is 3. The zero-order valence-electron chi connectivity index (χ0n) is 17.8. The average Bonchev–Trinajstić information content (AvgIpc) is 3.04. The van der Waals surface area contributed by atoms with Gasteiger partial charge in [0, 0.05) is 0 Å². The van der Waals surface area contributed by atoms with E-state index >= 15 is 0 Å². The second-order valence-corrected chi connectivity index (χ2v) is 9.13. The first-order valence-electron chi connectivity index (χ1n) is 9.66. The Labute approximate surface area is 204 Å². The SMILES string of the molecule is COc1cc(/C=C2/SC(=S)N(c3ccc(C)cc3C)C2=O)ccc1Oc1nc(Cl)ncc1F. The molecular weight excluding hydrogens is 485 g/mol. The number of aryl methyl sites for hydroxylation is 2. The van der Waals surface area contributed by atoms with Crippen LogP contribution in [0, 0.1) is 19.7 Å². The summed E-state index contributed by atoms with van der Waals surface area (Å²) < 4.78 is 25.3. The molecule has 0 spiro atoms. The lowest BCUT2D eigenvalue weighted by atomic mass is 10.1. The smallest absolute Gasteiger partial charge is 0.270 e. The van der Waals surface area contributed by atoms with Crippen molar-refractivity contribution in [3.05, 3.63) is 75.3 Å². The molecule has 1 amide bonds. The Kier molecular flexibility index (Phi) is 6.64. The number of carbonyl (C=O) groups excluding carboxylic acids is 1. The number of amides is 1. The fourth-order valence-corrected chi connectivity index (χ4v) is 4.66. The normalized spacial score (nSPS) is 14.8. The zero-order chi connectivity index (χ0) is 23.7. The quantitative estimate of drug-likeness (QED) is 0.238. The third kappa shape index (κ3) is 4.85. The molecule has 33 heavy (non-hydrogen) atoms. The summed E-state index contributed by atoms with van der Waals surface area (Å²) in [7, 11) is 1.45. The fourth-order valence-electron chi connectivity index (χ4n) is 3.25. The van der Waals surface area contributed by atoms with Gasteiger partial charge in [0.1, 0.15) is 0 Å². The molecule has 0 atom stereocenters. The summed E-state index contributed by atoms with van der Waals surface area (Å²) in [6.45, 7) is 3.94. The molecule has 0 bridgehead atoms. The Morgan fingerprint density at radius 1 is 1.18 bits per heavy atom. The molecule has 1 saturated heterocycles. The summed E-state index contributed by atoms with van der Waals surface area (Å²) in [4.78, 5) is 22.4. The van der Waals surface area contributed by atoms with Crippen LogP contribution in [-0.2, 0) is 4.79 Å². The Hall–Kier alpha value is -3.01. The van der Waals surface area contributed by atoms with E-state index in [1.165, 1.54) is 23.8 Å². The van der Waals surface area contributed by atoms with E-state index < -0.39 is 5.82 Å². The van der Waals surface area contributed by atoms with E-state index in [9.17, 15) is 9.18 Å². The second-order valence-electron chi connectivity index (χ2n) is 7.11. The fraction of sp³-hybridized carbons (Fsp3) is 0.130. The van der Waals surface area contributed by atoms with Gasteiger partial charge < -0.3 is 9.47 Å². The van der Waals surface area contributed by atoms with Gasteiger partial charge in [0.2, 0.25) is 11.1 Å². The number of halogens is 2. The maximum Gasteiger partial charge on any atom is 0.270 e. The number of aromatic nitrogens is 2. The molecule has 0 saturated carbocycles. The number of anilines is 1. The van der Waals surface area contributed by atoms with Gasteiger partial charge in [-0.05, 0) is 60.9 Å². The Balaban J connectivity index is 1.62. The van der Waals surface area contributed by atoms with Crippen molar-refractivity contribution in [3.63, 3.8) is 0 Å². The maximum atomic E-state index is 13.9. The highest BCUT2D eigenvalue weighted by Gasteiger charge is 2.34. The molecule has 4 rings (SSSR count). The third-order valence-corrected chi connectivity index (χ3v) is 6.25. The minimum absolute atomic E-state index is 0.146. The molecule has 168 valence electrons. The van der Waals surface area contributed by atoms with Crippen LogP contribution in [0.5, 0.6) is 17.4 Å². The minimum atomic E-state index is -0.763. The highest BCUT2D eigenvalue weighted by Crippen LogP contribution is 2.39. The van der Waals surface area contributed by atoms with Gasteiger partial charge in [-0.15, -0.1) is 0 Å². The van der Waals surface area contributed by atoms with Crippen molar-refractivity contribution in [2.75, 3.05) is 12.0 Å². The molecule has 6 nitrogen and oxygen atoms in total. The summed E-state index contributed by atoms with van der Waals surface area (Å²) in [5.41, 5.74) is 3.52. The van der Waals surface area contributed by atoms with Crippen molar-refractivity contribution in [1.82, 2.24) is 9.97 Å². The summed E-state index contributed by atoms with van der Waals surface area (Å²) in [6, 6.07) is 10.8. The topological polar surface area (TPSA) is 64.5 Å². The molecule has 1 aliphatic rings. The number of methoxy groups -OCH3 is 1. The van der Waals surface area contributed by atoms with Crippen molar-refractivity contribution in [2.24, 2.45) is 0 Å². The maximum absolute atomic E-state index is 13.9. The molecule has 1 aromatic heterocycles. The van der Waals surface area contributed by atoms with Gasteiger partial charge in [0.05, 0.1) is 23.9 Å². The van der Waals surface area contributed by atoms with E-state index in [-0.39, 0.29) is 22.8 Å². The third-order valence-electron chi connectivity index (χ3n) is 4.76. The average molecular weight is 502 g/mol. The number of benzene rings is 2. The van der Waals surface area contributed by atoms with Crippen LogP contribution < -0.4 is 14.4 Å². The molecule has 0 radical (unpaired) electrons. The number of carbonyl (C=O) groups is 1. The second kappa shape index (κ2) is 9.46. The van der Waals surface area contributed by atoms with Gasteiger partial charge in [-0.1, -0.05) is 47.7 Å². The Bertz CT molecular complexity index is 1320. The molecular formula is C23H17ClFN3O3S2. The van der Waals surface area contributed by atoms with E-state index in [4.69, 9.17) is 33.3 Å². The van der Waals surface area contributed by atoms with Gasteiger partial charge in [0.15, 0.2) is 15.8 Å². The van der Waals surface area contributed by atoms with Gasteiger partial charge >= 0.3 is 0 Å². The molecule has 1 aliphatic heterocycles. The zero-order valence-corrected chi connectivity index (χ0v) is 20.1. The highest BCUT2D eigenvalue weighted by atomic mass is 35.5. The lowest BCUT2D eigenvalue weighted by Crippen LogP contribution is -2.28.